The van der Waals surface area contributed by atoms with E-state index in [0.29, 0.717) is 12.2 Å². The van der Waals surface area contributed by atoms with Crippen LogP contribution in [0, 0.1) is 10.1 Å². The van der Waals surface area contributed by atoms with E-state index in [1.165, 1.54) is 6.07 Å². The molecule has 1 aliphatic heterocycles. The van der Waals surface area contributed by atoms with Gasteiger partial charge in [-0.3, -0.25) is 10.1 Å². The molecule has 2 aromatic carbocycles. The molecule has 0 bridgehead atoms. The van der Waals surface area contributed by atoms with Gasteiger partial charge in [0.05, 0.1) is 18.1 Å². The van der Waals surface area contributed by atoms with Gasteiger partial charge in [0, 0.05) is 12.8 Å². The Bertz CT molecular complexity index is 925. The standard InChI is InChI=1S/C18H20N2O5S/c1-25-14-10-8-13(9-11-14)15-6-4-12-19(15)16-5-3-7-17(26(2,23)24)18(16)20(21)22/h3,5,7-11,15H,4,6,12H2,1-2H3. The summed E-state index contributed by atoms with van der Waals surface area (Å²) in [6.07, 6.45) is 2.70. The maximum Gasteiger partial charge on any atom is 0.311 e. The van der Waals surface area contributed by atoms with E-state index < -0.39 is 14.8 Å². The van der Waals surface area contributed by atoms with E-state index in [-0.39, 0.29) is 16.6 Å². The van der Waals surface area contributed by atoms with Crippen LogP contribution < -0.4 is 9.64 Å². The van der Waals surface area contributed by atoms with Crippen molar-refractivity contribution in [3.63, 3.8) is 0 Å². The molecule has 1 atom stereocenters. The topological polar surface area (TPSA) is 89.8 Å². The van der Waals surface area contributed by atoms with Gasteiger partial charge in [0.1, 0.15) is 16.3 Å². The quantitative estimate of drug-likeness (QED) is 0.587. The summed E-state index contributed by atoms with van der Waals surface area (Å²) in [7, 11) is -2.11. The number of nitro benzene ring substituents is 1. The first-order chi connectivity index (χ1) is 12.3. The van der Waals surface area contributed by atoms with Gasteiger partial charge >= 0.3 is 5.69 Å². The Morgan fingerprint density at radius 3 is 2.46 bits per heavy atom. The van der Waals surface area contributed by atoms with Crippen LogP contribution in [0.1, 0.15) is 24.4 Å². The highest BCUT2D eigenvalue weighted by molar-refractivity contribution is 7.90. The van der Waals surface area contributed by atoms with Crippen LogP contribution in [0.3, 0.4) is 0 Å². The molecule has 0 amide bonds. The van der Waals surface area contributed by atoms with Crippen LogP contribution in [0.25, 0.3) is 0 Å². The first-order valence-electron chi connectivity index (χ1n) is 8.21. The highest BCUT2D eigenvalue weighted by Crippen LogP contribution is 2.42. The second kappa shape index (κ2) is 6.95. The number of hydrogen-bond donors (Lipinski definition) is 0. The number of nitro groups is 1. The molecular formula is C18H20N2O5S. The fraction of sp³-hybridized carbons (Fsp3) is 0.333. The lowest BCUT2D eigenvalue weighted by Gasteiger charge is -2.27. The fourth-order valence-electron chi connectivity index (χ4n) is 3.45. The lowest BCUT2D eigenvalue weighted by atomic mass is 10.0. The molecule has 0 radical (unpaired) electrons. The van der Waals surface area contributed by atoms with Crippen molar-refractivity contribution in [1.82, 2.24) is 0 Å². The van der Waals surface area contributed by atoms with Crippen LogP contribution in [0.15, 0.2) is 47.4 Å². The molecular weight excluding hydrogens is 356 g/mol. The molecule has 1 heterocycles. The van der Waals surface area contributed by atoms with Crippen molar-refractivity contribution >= 4 is 21.2 Å². The minimum absolute atomic E-state index is 0.0468. The second-order valence-electron chi connectivity index (χ2n) is 6.28. The third-order valence-corrected chi connectivity index (χ3v) is 5.75. The Labute approximate surface area is 152 Å². The molecule has 26 heavy (non-hydrogen) atoms. The average Bonchev–Trinajstić information content (AvgIpc) is 3.10. The third kappa shape index (κ3) is 3.37. The van der Waals surface area contributed by atoms with Gasteiger partial charge in [0.15, 0.2) is 9.84 Å². The zero-order valence-corrected chi connectivity index (χ0v) is 15.4. The third-order valence-electron chi connectivity index (χ3n) is 4.62. The Morgan fingerprint density at radius 2 is 1.88 bits per heavy atom. The monoisotopic (exact) mass is 376 g/mol. The van der Waals surface area contributed by atoms with Crippen molar-refractivity contribution in [2.75, 3.05) is 24.8 Å². The summed E-state index contributed by atoms with van der Waals surface area (Å²) in [6, 6.07) is 12.0. The number of anilines is 1. The average molecular weight is 376 g/mol. The van der Waals surface area contributed by atoms with Crippen LogP contribution in [0.5, 0.6) is 5.75 Å². The summed E-state index contributed by atoms with van der Waals surface area (Å²) >= 11 is 0. The molecule has 2 aromatic rings. The normalized spacial score (nSPS) is 17.3. The van der Waals surface area contributed by atoms with Gasteiger partial charge in [-0.25, -0.2) is 8.42 Å². The molecule has 1 aliphatic rings. The lowest BCUT2D eigenvalue weighted by molar-refractivity contribution is -0.387. The number of para-hydroxylation sites is 1. The molecule has 0 spiro atoms. The largest absolute Gasteiger partial charge is 0.497 e. The van der Waals surface area contributed by atoms with Crippen LogP contribution in [-0.2, 0) is 9.84 Å². The summed E-state index contributed by atoms with van der Waals surface area (Å²) in [6.45, 7) is 0.630. The second-order valence-corrected chi connectivity index (χ2v) is 8.26. The van der Waals surface area contributed by atoms with E-state index >= 15 is 0 Å². The Kier molecular flexibility index (Phi) is 4.86. The molecule has 0 saturated carbocycles. The summed E-state index contributed by atoms with van der Waals surface area (Å²) in [4.78, 5) is 12.7. The van der Waals surface area contributed by atoms with E-state index in [9.17, 15) is 18.5 Å². The van der Waals surface area contributed by atoms with Gasteiger partial charge in [-0.2, -0.15) is 0 Å². The fourth-order valence-corrected chi connectivity index (χ4v) is 4.31. The van der Waals surface area contributed by atoms with Crippen molar-refractivity contribution in [2.45, 2.75) is 23.8 Å². The highest BCUT2D eigenvalue weighted by atomic mass is 32.2. The van der Waals surface area contributed by atoms with Crippen molar-refractivity contribution < 1.29 is 18.1 Å². The zero-order chi connectivity index (χ0) is 18.9. The Balaban J connectivity index is 2.08. The molecule has 3 rings (SSSR count). The molecule has 1 unspecified atom stereocenters. The lowest BCUT2D eigenvalue weighted by Crippen LogP contribution is -2.24. The minimum Gasteiger partial charge on any atom is -0.497 e. The Hall–Kier alpha value is -2.61. The maximum absolute atomic E-state index is 12.0. The van der Waals surface area contributed by atoms with E-state index in [1.807, 2.05) is 29.2 Å². The number of benzene rings is 2. The van der Waals surface area contributed by atoms with Crippen molar-refractivity contribution in [2.24, 2.45) is 0 Å². The van der Waals surface area contributed by atoms with Crippen molar-refractivity contribution in [3.8, 4) is 5.75 Å². The summed E-state index contributed by atoms with van der Waals surface area (Å²) in [5.74, 6) is 0.739. The SMILES string of the molecule is COc1ccc(C2CCCN2c2cccc(S(C)(=O)=O)c2[N+](=O)[O-])cc1. The predicted molar refractivity (Wildman–Crippen MR) is 98.5 cm³/mol. The van der Waals surface area contributed by atoms with Gasteiger partial charge in [0.2, 0.25) is 0 Å². The molecule has 7 nitrogen and oxygen atoms in total. The molecule has 0 N–H and O–H groups in total. The van der Waals surface area contributed by atoms with Crippen molar-refractivity contribution in [3.05, 3.63) is 58.1 Å². The molecule has 0 aromatic heterocycles. The number of hydrogen-bond acceptors (Lipinski definition) is 6. The molecule has 0 aliphatic carbocycles. The van der Waals surface area contributed by atoms with Gasteiger partial charge in [-0.05, 0) is 42.7 Å². The number of ether oxygens (including phenoxy) is 1. The number of sulfone groups is 1. The van der Waals surface area contributed by atoms with E-state index in [4.69, 9.17) is 4.74 Å². The van der Waals surface area contributed by atoms with E-state index in [2.05, 4.69) is 0 Å². The molecule has 138 valence electrons. The van der Waals surface area contributed by atoms with Crippen LogP contribution in [0.2, 0.25) is 0 Å². The van der Waals surface area contributed by atoms with Crippen LogP contribution in [0.4, 0.5) is 11.4 Å². The molecule has 8 heteroatoms. The van der Waals surface area contributed by atoms with Gasteiger partial charge in [-0.15, -0.1) is 0 Å². The first-order valence-corrected chi connectivity index (χ1v) is 10.1. The van der Waals surface area contributed by atoms with Crippen LogP contribution >= 0.6 is 0 Å². The summed E-state index contributed by atoms with van der Waals surface area (Å²) in [5, 5.41) is 11.7. The zero-order valence-electron chi connectivity index (χ0n) is 14.6. The minimum atomic E-state index is -3.71. The van der Waals surface area contributed by atoms with E-state index in [1.54, 1.807) is 19.2 Å². The smallest absolute Gasteiger partial charge is 0.311 e. The highest BCUT2D eigenvalue weighted by Gasteiger charge is 2.34. The predicted octanol–water partition coefficient (Wildman–Crippen LogP) is 3.35. The Morgan fingerprint density at radius 1 is 1.19 bits per heavy atom. The summed E-state index contributed by atoms with van der Waals surface area (Å²) < 4.78 is 29.2. The molecule has 1 fully saturated rings. The van der Waals surface area contributed by atoms with Crippen LogP contribution in [-0.4, -0.2) is 33.3 Å². The van der Waals surface area contributed by atoms with Gasteiger partial charge in [-0.1, -0.05) is 18.2 Å². The molecule has 1 saturated heterocycles. The number of methoxy groups -OCH3 is 1. The first kappa shape index (κ1) is 18.2. The maximum atomic E-state index is 12.0. The van der Waals surface area contributed by atoms with Gasteiger partial charge in [0.25, 0.3) is 0 Å². The number of rotatable bonds is 5. The van der Waals surface area contributed by atoms with Gasteiger partial charge < -0.3 is 9.64 Å². The number of nitrogens with zero attached hydrogens (tertiary/aromatic N) is 2. The summed E-state index contributed by atoms with van der Waals surface area (Å²) in [5.41, 5.74) is 1.01. The van der Waals surface area contributed by atoms with Crippen molar-refractivity contribution in [1.29, 1.82) is 0 Å². The van der Waals surface area contributed by atoms with E-state index in [0.717, 1.165) is 30.4 Å².